The Hall–Kier alpha value is -3.26. The molecule has 3 aromatic rings. The summed E-state index contributed by atoms with van der Waals surface area (Å²) < 4.78 is 12.6. The third-order valence-corrected chi connectivity index (χ3v) is 4.60. The fourth-order valence-electron chi connectivity index (χ4n) is 2.84. The minimum absolute atomic E-state index is 0.0767. The van der Waals surface area contributed by atoms with Gasteiger partial charge in [0.1, 0.15) is 23.4 Å². The molecular formula is C19H19ClN4O4. The van der Waals surface area contributed by atoms with Gasteiger partial charge in [0.25, 0.3) is 5.69 Å². The van der Waals surface area contributed by atoms with E-state index in [1.54, 1.807) is 32.5 Å². The van der Waals surface area contributed by atoms with Crippen LogP contribution in [0.15, 0.2) is 48.8 Å². The molecule has 0 amide bonds. The van der Waals surface area contributed by atoms with Crippen molar-refractivity contribution in [2.24, 2.45) is 7.05 Å². The summed E-state index contributed by atoms with van der Waals surface area (Å²) >= 11 is 6.28. The van der Waals surface area contributed by atoms with Crippen molar-refractivity contribution < 1.29 is 14.4 Å². The lowest BCUT2D eigenvalue weighted by atomic mass is 10.0. The van der Waals surface area contributed by atoms with Gasteiger partial charge in [0.15, 0.2) is 0 Å². The molecule has 0 fully saturated rings. The number of ether oxygens (including phenoxy) is 2. The zero-order valence-corrected chi connectivity index (χ0v) is 16.3. The van der Waals surface area contributed by atoms with E-state index in [0.29, 0.717) is 17.2 Å². The topological polar surface area (TPSA) is 91.4 Å². The van der Waals surface area contributed by atoms with E-state index in [9.17, 15) is 10.1 Å². The van der Waals surface area contributed by atoms with E-state index < -0.39 is 11.0 Å². The molecule has 146 valence electrons. The number of aromatic nitrogens is 2. The van der Waals surface area contributed by atoms with E-state index in [2.05, 4.69) is 10.3 Å². The molecule has 0 aliphatic carbocycles. The zero-order chi connectivity index (χ0) is 20.3. The molecule has 0 saturated carbocycles. The third-order valence-electron chi connectivity index (χ3n) is 4.29. The lowest BCUT2D eigenvalue weighted by Gasteiger charge is -2.22. The van der Waals surface area contributed by atoms with E-state index >= 15 is 0 Å². The summed E-state index contributed by atoms with van der Waals surface area (Å²) in [4.78, 5) is 14.9. The van der Waals surface area contributed by atoms with Crippen LogP contribution >= 0.6 is 11.6 Å². The second-order valence-corrected chi connectivity index (χ2v) is 6.45. The summed E-state index contributed by atoms with van der Waals surface area (Å²) in [6, 6.07) is 9.40. The number of benzene rings is 2. The van der Waals surface area contributed by atoms with Gasteiger partial charge in [-0.15, -0.1) is 0 Å². The van der Waals surface area contributed by atoms with E-state index in [-0.39, 0.29) is 10.7 Å². The van der Waals surface area contributed by atoms with Gasteiger partial charge < -0.3 is 19.4 Å². The van der Waals surface area contributed by atoms with E-state index in [4.69, 9.17) is 21.1 Å². The predicted molar refractivity (Wildman–Crippen MR) is 106 cm³/mol. The van der Waals surface area contributed by atoms with E-state index in [1.807, 2.05) is 29.9 Å². The number of anilines is 1. The molecule has 3 rings (SSSR count). The van der Waals surface area contributed by atoms with Gasteiger partial charge in [-0.2, -0.15) is 0 Å². The molecule has 9 heteroatoms. The first-order valence-corrected chi connectivity index (χ1v) is 8.71. The largest absolute Gasteiger partial charge is 0.497 e. The first-order chi connectivity index (χ1) is 13.4. The van der Waals surface area contributed by atoms with Crippen LogP contribution < -0.4 is 14.8 Å². The first-order valence-electron chi connectivity index (χ1n) is 8.33. The highest BCUT2D eigenvalue weighted by atomic mass is 35.5. The number of methoxy groups -OCH3 is 2. The SMILES string of the molecule is COc1cc(OC)cc(C(Nc2ccc([N+](=O)[O-])cc2Cl)c2nccn2C)c1. The number of nitro groups is 1. The Balaban J connectivity index is 2.07. The van der Waals surface area contributed by atoms with Crippen molar-refractivity contribution in [1.82, 2.24) is 9.55 Å². The normalized spacial score (nSPS) is 11.7. The Kier molecular flexibility index (Phi) is 5.70. The van der Waals surface area contributed by atoms with Gasteiger partial charge in [-0.25, -0.2) is 4.98 Å². The first kappa shape index (κ1) is 19.5. The highest BCUT2D eigenvalue weighted by Crippen LogP contribution is 2.35. The molecule has 0 spiro atoms. The van der Waals surface area contributed by atoms with Crippen molar-refractivity contribution in [1.29, 1.82) is 0 Å². The van der Waals surface area contributed by atoms with Gasteiger partial charge in [-0.3, -0.25) is 10.1 Å². The molecule has 1 heterocycles. The van der Waals surface area contributed by atoms with Crippen LogP contribution in [-0.4, -0.2) is 28.7 Å². The quantitative estimate of drug-likeness (QED) is 0.470. The molecule has 2 aromatic carbocycles. The summed E-state index contributed by atoms with van der Waals surface area (Å²) in [5.41, 5.74) is 1.30. The standard InChI is InChI=1S/C19H19ClN4O4/c1-23-7-6-21-19(23)18(12-8-14(27-2)11-15(9-12)28-3)22-17-5-4-13(24(25)26)10-16(17)20/h4-11,18,22H,1-3H3. The summed E-state index contributed by atoms with van der Waals surface area (Å²) in [5.74, 6) is 1.99. The summed E-state index contributed by atoms with van der Waals surface area (Å²) in [6.07, 6.45) is 3.53. The molecule has 1 unspecified atom stereocenters. The highest BCUT2D eigenvalue weighted by molar-refractivity contribution is 6.33. The highest BCUT2D eigenvalue weighted by Gasteiger charge is 2.22. The van der Waals surface area contributed by atoms with Crippen LogP contribution in [0, 0.1) is 10.1 Å². The predicted octanol–water partition coefficient (Wildman–Crippen LogP) is 4.20. The average molecular weight is 403 g/mol. The van der Waals surface area contributed by atoms with Crippen molar-refractivity contribution in [3.8, 4) is 11.5 Å². The molecule has 28 heavy (non-hydrogen) atoms. The Labute approximate surface area is 166 Å². The summed E-state index contributed by atoms with van der Waals surface area (Å²) in [7, 11) is 5.04. The number of imidazole rings is 1. The number of nitrogens with zero attached hydrogens (tertiary/aromatic N) is 3. The smallest absolute Gasteiger partial charge is 0.271 e. The maximum absolute atomic E-state index is 11.0. The third kappa shape index (κ3) is 4.01. The van der Waals surface area contributed by atoms with Crippen LogP contribution in [0.1, 0.15) is 17.4 Å². The fourth-order valence-corrected chi connectivity index (χ4v) is 3.07. The van der Waals surface area contributed by atoms with Gasteiger partial charge in [-0.1, -0.05) is 11.6 Å². The van der Waals surface area contributed by atoms with Crippen molar-refractivity contribution in [3.05, 3.63) is 75.3 Å². The van der Waals surface area contributed by atoms with Crippen molar-refractivity contribution >= 4 is 23.0 Å². The molecule has 1 aromatic heterocycles. The van der Waals surface area contributed by atoms with Crippen molar-refractivity contribution in [2.45, 2.75) is 6.04 Å². The number of aryl methyl sites for hydroxylation is 1. The Morgan fingerprint density at radius 3 is 2.36 bits per heavy atom. The second-order valence-electron chi connectivity index (χ2n) is 6.04. The monoisotopic (exact) mass is 402 g/mol. The number of halogens is 1. The Morgan fingerprint density at radius 2 is 1.86 bits per heavy atom. The fraction of sp³-hybridized carbons (Fsp3) is 0.211. The Bertz CT molecular complexity index is 983. The van der Waals surface area contributed by atoms with E-state index in [1.165, 1.54) is 12.1 Å². The maximum Gasteiger partial charge on any atom is 0.271 e. The number of nitrogens with one attached hydrogen (secondary N) is 1. The molecule has 0 radical (unpaired) electrons. The molecule has 0 aliphatic rings. The molecular weight excluding hydrogens is 384 g/mol. The number of non-ortho nitro benzene ring substituents is 1. The number of hydrogen-bond acceptors (Lipinski definition) is 6. The zero-order valence-electron chi connectivity index (χ0n) is 15.5. The van der Waals surface area contributed by atoms with Crippen LogP contribution in [0.5, 0.6) is 11.5 Å². The van der Waals surface area contributed by atoms with Crippen LogP contribution in [0.2, 0.25) is 5.02 Å². The van der Waals surface area contributed by atoms with Crippen LogP contribution in [0.3, 0.4) is 0 Å². The molecule has 8 nitrogen and oxygen atoms in total. The number of nitro benzene ring substituents is 1. The summed E-state index contributed by atoms with van der Waals surface area (Å²) in [5, 5.41) is 14.5. The molecule has 0 bridgehead atoms. The van der Waals surface area contributed by atoms with Crippen molar-refractivity contribution in [3.63, 3.8) is 0 Å². The average Bonchev–Trinajstić information content (AvgIpc) is 3.11. The molecule has 1 N–H and O–H groups in total. The second kappa shape index (κ2) is 8.18. The summed E-state index contributed by atoms with van der Waals surface area (Å²) in [6.45, 7) is 0. The van der Waals surface area contributed by atoms with Crippen LogP contribution in [0.4, 0.5) is 11.4 Å². The van der Waals surface area contributed by atoms with E-state index in [0.717, 1.165) is 11.4 Å². The molecule has 0 aliphatic heterocycles. The van der Waals surface area contributed by atoms with Crippen LogP contribution in [0.25, 0.3) is 0 Å². The van der Waals surface area contributed by atoms with Crippen molar-refractivity contribution in [2.75, 3.05) is 19.5 Å². The van der Waals surface area contributed by atoms with Gasteiger partial charge in [0.05, 0.1) is 29.9 Å². The number of hydrogen-bond donors (Lipinski definition) is 1. The Morgan fingerprint density at radius 1 is 1.18 bits per heavy atom. The molecule has 1 atom stereocenters. The minimum Gasteiger partial charge on any atom is -0.497 e. The number of rotatable bonds is 7. The maximum atomic E-state index is 11.0. The van der Waals surface area contributed by atoms with Gasteiger partial charge >= 0.3 is 0 Å². The lowest BCUT2D eigenvalue weighted by Crippen LogP contribution is -2.17. The molecule has 0 saturated heterocycles. The van der Waals surface area contributed by atoms with Gasteiger partial charge in [0, 0.05) is 37.6 Å². The van der Waals surface area contributed by atoms with Gasteiger partial charge in [0.2, 0.25) is 0 Å². The lowest BCUT2D eigenvalue weighted by molar-refractivity contribution is -0.384. The van der Waals surface area contributed by atoms with Gasteiger partial charge in [-0.05, 0) is 23.8 Å². The minimum atomic E-state index is -0.487. The van der Waals surface area contributed by atoms with Crippen LogP contribution in [-0.2, 0) is 7.05 Å².